The van der Waals surface area contributed by atoms with Crippen molar-refractivity contribution in [1.29, 1.82) is 5.26 Å². The molecule has 1 amide bonds. The standard InChI is InChI=1S/C19H15ClF3N5O2/c1-10-14(20)6-26-15-7-28(27-16(10)15)9-18(2,8-24)13-5-11(30-19(21,22)23)3-4-12(13)17(25)29/h3-7H,9H2,1-2H3,(H2,25,29). The van der Waals surface area contributed by atoms with Crippen LogP contribution in [0.1, 0.15) is 28.4 Å². The van der Waals surface area contributed by atoms with E-state index in [1.807, 2.05) is 6.07 Å². The average molecular weight is 438 g/mol. The highest BCUT2D eigenvalue weighted by Gasteiger charge is 2.35. The number of pyridine rings is 1. The van der Waals surface area contributed by atoms with Crippen molar-refractivity contribution in [2.75, 3.05) is 0 Å². The molecule has 11 heteroatoms. The van der Waals surface area contributed by atoms with Crippen molar-refractivity contribution in [2.24, 2.45) is 5.73 Å². The topological polar surface area (TPSA) is 107 Å². The second kappa shape index (κ2) is 7.50. The van der Waals surface area contributed by atoms with Crippen molar-refractivity contribution in [2.45, 2.75) is 32.2 Å². The summed E-state index contributed by atoms with van der Waals surface area (Å²) in [5, 5.41) is 14.7. The summed E-state index contributed by atoms with van der Waals surface area (Å²) in [6, 6.07) is 5.09. The van der Waals surface area contributed by atoms with Gasteiger partial charge in [-0.25, -0.2) is 0 Å². The Morgan fingerprint density at radius 3 is 2.70 bits per heavy atom. The van der Waals surface area contributed by atoms with Gasteiger partial charge in [0.2, 0.25) is 5.91 Å². The van der Waals surface area contributed by atoms with Gasteiger partial charge in [-0.2, -0.15) is 10.4 Å². The van der Waals surface area contributed by atoms with Gasteiger partial charge in [0, 0.05) is 11.8 Å². The molecule has 2 N–H and O–H groups in total. The lowest BCUT2D eigenvalue weighted by atomic mass is 9.80. The van der Waals surface area contributed by atoms with E-state index in [-0.39, 0.29) is 17.7 Å². The van der Waals surface area contributed by atoms with Crippen molar-refractivity contribution in [3.8, 4) is 11.8 Å². The number of amides is 1. The number of aryl methyl sites for hydroxylation is 1. The van der Waals surface area contributed by atoms with Gasteiger partial charge >= 0.3 is 6.36 Å². The van der Waals surface area contributed by atoms with Gasteiger partial charge in [-0.05, 0) is 43.2 Å². The van der Waals surface area contributed by atoms with Crippen LogP contribution >= 0.6 is 11.6 Å². The third-order valence-corrected chi connectivity index (χ3v) is 4.96. The van der Waals surface area contributed by atoms with Crippen LogP contribution in [0.25, 0.3) is 11.0 Å². The molecule has 1 atom stereocenters. The maximum absolute atomic E-state index is 12.6. The molecule has 0 aliphatic carbocycles. The molecule has 7 nitrogen and oxygen atoms in total. The van der Waals surface area contributed by atoms with Crippen molar-refractivity contribution < 1.29 is 22.7 Å². The first kappa shape index (κ1) is 21.4. The first-order valence-electron chi connectivity index (χ1n) is 8.53. The van der Waals surface area contributed by atoms with E-state index in [0.29, 0.717) is 21.6 Å². The fourth-order valence-corrected chi connectivity index (χ4v) is 3.22. The number of carbonyl (C=O) groups is 1. The predicted molar refractivity (Wildman–Crippen MR) is 102 cm³/mol. The molecule has 156 valence electrons. The van der Waals surface area contributed by atoms with E-state index in [1.54, 1.807) is 13.1 Å². The van der Waals surface area contributed by atoms with Crippen LogP contribution < -0.4 is 10.5 Å². The summed E-state index contributed by atoms with van der Waals surface area (Å²) >= 11 is 6.06. The van der Waals surface area contributed by atoms with Crippen molar-refractivity contribution in [3.63, 3.8) is 0 Å². The fourth-order valence-electron chi connectivity index (χ4n) is 3.09. The number of primary amides is 1. The molecule has 3 aromatic rings. The fraction of sp³-hybridized carbons (Fsp3) is 0.263. The maximum atomic E-state index is 12.6. The number of hydrogen-bond acceptors (Lipinski definition) is 5. The van der Waals surface area contributed by atoms with Gasteiger partial charge in [-0.1, -0.05) is 11.6 Å². The van der Waals surface area contributed by atoms with Crippen LogP contribution in [0.15, 0.2) is 30.6 Å². The summed E-state index contributed by atoms with van der Waals surface area (Å²) in [6.45, 7) is 3.13. The zero-order chi connectivity index (χ0) is 22.3. The SMILES string of the molecule is Cc1c(Cl)cnc2cn(CC(C)(C#N)c3cc(OC(F)(F)F)ccc3C(N)=O)nc12. The van der Waals surface area contributed by atoms with Crippen LogP contribution in [0.2, 0.25) is 5.02 Å². The van der Waals surface area contributed by atoms with Crippen LogP contribution in [0, 0.1) is 18.3 Å². The number of carbonyl (C=O) groups excluding carboxylic acids is 1. The molecule has 0 saturated carbocycles. The van der Waals surface area contributed by atoms with Crippen molar-refractivity contribution in [1.82, 2.24) is 14.8 Å². The van der Waals surface area contributed by atoms with Crippen molar-refractivity contribution in [3.05, 3.63) is 52.3 Å². The highest BCUT2D eigenvalue weighted by atomic mass is 35.5. The molecule has 0 bridgehead atoms. The molecule has 0 aliphatic rings. The largest absolute Gasteiger partial charge is 0.573 e. The summed E-state index contributed by atoms with van der Waals surface area (Å²) in [7, 11) is 0. The first-order chi connectivity index (χ1) is 13.9. The minimum absolute atomic E-state index is 0.0125. The first-order valence-corrected chi connectivity index (χ1v) is 8.91. The molecule has 2 aromatic heterocycles. The second-order valence-electron chi connectivity index (χ2n) is 6.86. The Balaban J connectivity index is 2.09. The number of nitrogens with two attached hydrogens (primary N) is 1. The Kier molecular flexibility index (Phi) is 5.34. The van der Waals surface area contributed by atoms with E-state index >= 15 is 0 Å². The minimum atomic E-state index is -4.93. The zero-order valence-corrected chi connectivity index (χ0v) is 16.5. The van der Waals surface area contributed by atoms with E-state index in [0.717, 1.165) is 18.2 Å². The van der Waals surface area contributed by atoms with Crippen LogP contribution in [0.4, 0.5) is 13.2 Å². The molecule has 30 heavy (non-hydrogen) atoms. The number of aromatic nitrogens is 3. The second-order valence-corrected chi connectivity index (χ2v) is 7.26. The minimum Gasteiger partial charge on any atom is -0.406 e. The molecule has 1 aromatic carbocycles. The highest BCUT2D eigenvalue weighted by molar-refractivity contribution is 6.31. The van der Waals surface area contributed by atoms with E-state index in [9.17, 15) is 23.2 Å². The summed E-state index contributed by atoms with van der Waals surface area (Å²) in [5.74, 6) is -1.46. The molecule has 0 saturated heterocycles. The van der Waals surface area contributed by atoms with Gasteiger partial charge in [-0.3, -0.25) is 14.5 Å². The van der Waals surface area contributed by atoms with E-state index < -0.39 is 23.4 Å². The van der Waals surface area contributed by atoms with E-state index in [2.05, 4.69) is 14.8 Å². The summed E-state index contributed by atoms with van der Waals surface area (Å²) < 4.78 is 43.3. The van der Waals surface area contributed by atoms with Crippen LogP contribution in [0.3, 0.4) is 0 Å². The number of nitrogens with zero attached hydrogens (tertiary/aromatic N) is 4. The van der Waals surface area contributed by atoms with Gasteiger partial charge < -0.3 is 10.5 Å². The molecule has 3 rings (SSSR count). The van der Waals surface area contributed by atoms with Gasteiger partial charge in [0.25, 0.3) is 0 Å². The third kappa shape index (κ3) is 4.16. The monoisotopic (exact) mass is 437 g/mol. The number of alkyl halides is 3. The Hall–Kier alpha value is -3.32. The number of halogens is 4. The van der Waals surface area contributed by atoms with E-state index in [4.69, 9.17) is 17.3 Å². The number of fused-ring (bicyclic) bond motifs is 1. The normalized spacial score (nSPS) is 13.6. The lowest BCUT2D eigenvalue weighted by molar-refractivity contribution is -0.274. The Morgan fingerprint density at radius 1 is 1.40 bits per heavy atom. The van der Waals surface area contributed by atoms with Gasteiger partial charge in [0.15, 0.2) is 0 Å². The Labute approximate surface area is 173 Å². The van der Waals surface area contributed by atoms with Crippen LogP contribution in [0.5, 0.6) is 5.75 Å². The third-order valence-electron chi connectivity index (χ3n) is 4.58. The highest BCUT2D eigenvalue weighted by Crippen LogP contribution is 2.34. The Morgan fingerprint density at radius 2 is 2.10 bits per heavy atom. The van der Waals surface area contributed by atoms with Gasteiger partial charge in [0.1, 0.15) is 16.8 Å². The molecule has 0 radical (unpaired) electrons. The quantitative estimate of drug-likeness (QED) is 0.652. The zero-order valence-electron chi connectivity index (χ0n) is 15.8. The maximum Gasteiger partial charge on any atom is 0.573 e. The summed E-state index contributed by atoms with van der Waals surface area (Å²) in [5.41, 5.74) is 5.55. The number of benzene rings is 1. The van der Waals surface area contributed by atoms with Gasteiger partial charge in [0.05, 0.1) is 29.2 Å². The number of ether oxygens (including phenoxy) is 1. The molecule has 2 heterocycles. The number of nitriles is 1. The molecule has 1 unspecified atom stereocenters. The van der Waals surface area contributed by atoms with Gasteiger partial charge in [-0.15, -0.1) is 13.2 Å². The molecule has 0 aliphatic heterocycles. The lowest BCUT2D eigenvalue weighted by Gasteiger charge is -2.25. The number of rotatable bonds is 5. The molecular weight excluding hydrogens is 423 g/mol. The molecular formula is C19H15ClF3N5O2. The molecule has 0 fully saturated rings. The smallest absolute Gasteiger partial charge is 0.406 e. The summed E-state index contributed by atoms with van der Waals surface area (Å²) in [6.07, 6.45) is -1.89. The summed E-state index contributed by atoms with van der Waals surface area (Å²) in [4.78, 5) is 16.0. The average Bonchev–Trinajstić information content (AvgIpc) is 3.06. The van der Waals surface area contributed by atoms with E-state index in [1.165, 1.54) is 17.8 Å². The molecule has 0 spiro atoms. The lowest BCUT2D eigenvalue weighted by Crippen LogP contribution is -2.30. The Bertz CT molecular complexity index is 1190. The number of hydrogen-bond donors (Lipinski definition) is 1. The van der Waals surface area contributed by atoms with Crippen LogP contribution in [-0.4, -0.2) is 27.0 Å². The van der Waals surface area contributed by atoms with Crippen LogP contribution in [-0.2, 0) is 12.0 Å². The predicted octanol–water partition coefficient (Wildman–Crippen LogP) is 3.87. The van der Waals surface area contributed by atoms with Crippen molar-refractivity contribution >= 4 is 28.5 Å².